The summed E-state index contributed by atoms with van der Waals surface area (Å²) in [4.78, 5) is 38.8. The predicted molar refractivity (Wildman–Crippen MR) is 123 cm³/mol. The van der Waals surface area contributed by atoms with E-state index < -0.39 is 10.0 Å². The van der Waals surface area contributed by atoms with Crippen LogP contribution in [-0.2, 0) is 24.4 Å². The minimum absolute atomic E-state index is 0.00600. The molecule has 0 unspecified atom stereocenters. The van der Waals surface area contributed by atoms with E-state index >= 15 is 0 Å². The van der Waals surface area contributed by atoms with Crippen LogP contribution in [0.25, 0.3) is 0 Å². The minimum Gasteiger partial charge on any atom is -0.326 e. The van der Waals surface area contributed by atoms with Crippen molar-refractivity contribution in [3.63, 3.8) is 0 Å². The van der Waals surface area contributed by atoms with E-state index in [9.17, 15) is 22.8 Å². The molecule has 1 aliphatic carbocycles. The van der Waals surface area contributed by atoms with Gasteiger partial charge in [-0.25, -0.2) is 8.42 Å². The van der Waals surface area contributed by atoms with Gasteiger partial charge >= 0.3 is 0 Å². The molecule has 2 fully saturated rings. The molecule has 3 amide bonds. The Morgan fingerprint density at radius 1 is 0.970 bits per heavy atom. The summed E-state index contributed by atoms with van der Waals surface area (Å²) in [6.07, 6.45) is 6.01. The van der Waals surface area contributed by atoms with Gasteiger partial charge in [-0.15, -0.1) is 0 Å². The quantitative estimate of drug-likeness (QED) is 0.505. The van der Waals surface area contributed by atoms with Crippen molar-refractivity contribution in [3.8, 4) is 0 Å². The Bertz CT molecular complexity index is 1030. The second-order valence-electron chi connectivity index (χ2n) is 9.57. The topological polar surface area (TPSA) is 104 Å². The van der Waals surface area contributed by atoms with Crippen molar-refractivity contribution >= 4 is 33.4 Å². The predicted octanol–water partition coefficient (Wildman–Crippen LogP) is 2.63. The number of allylic oxidation sites excluding steroid dienone is 2. The van der Waals surface area contributed by atoms with Gasteiger partial charge in [-0.3, -0.25) is 19.3 Å². The summed E-state index contributed by atoms with van der Waals surface area (Å²) in [5, 5.41) is 2.72. The zero-order valence-electron chi connectivity index (χ0n) is 19.1. The number of sulfonamides is 1. The third-order valence-electron chi connectivity index (χ3n) is 6.77. The smallest absolute Gasteiger partial charge is 0.243 e. The van der Waals surface area contributed by atoms with Crippen LogP contribution in [0, 0.1) is 23.7 Å². The summed E-state index contributed by atoms with van der Waals surface area (Å²) < 4.78 is 27.5. The van der Waals surface area contributed by atoms with Crippen molar-refractivity contribution in [1.29, 1.82) is 0 Å². The highest BCUT2D eigenvalue weighted by Gasteiger charge is 2.46. The Balaban J connectivity index is 1.33. The van der Waals surface area contributed by atoms with Gasteiger partial charge < -0.3 is 5.32 Å². The lowest BCUT2D eigenvalue weighted by molar-refractivity contribution is -0.140. The molecule has 9 heteroatoms. The highest BCUT2D eigenvalue weighted by Crippen LogP contribution is 2.35. The second-order valence-corrected chi connectivity index (χ2v) is 11.5. The van der Waals surface area contributed by atoms with E-state index in [-0.39, 0.29) is 47.4 Å². The molecule has 2 heterocycles. The maximum atomic E-state index is 13.0. The Morgan fingerprint density at radius 2 is 1.52 bits per heavy atom. The molecule has 0 spiro atoms. The molecule has 0 radical (unpaired) electrons. The molecule has 4 rings (SSSR count). The van der Waals surface area contributed by atoms with E-state index in [0.717, 1.165) is 6.42 Å². The molecule has 8 nitrogen and oxygen atoms in total. The molecule has 2 saturated heterocycles. The van der Waals surface area contributed by atoms with Crippen LogP contribution in [0.5, 0.6) is 0 Å². The Kier molecular flexibility index (Phi) is 6.72. The fourth-order valence-electron chi connectivity index (χ4n) is 5.19. The van der Waals surface area contributed by atoms with Gasteiger partial charge in [0.15, 0.2) is 0 Å². The lowest BCUT2D eigenvalue weighted by Crippen LogP contribution is -2.42. The zero-order valence-corrected chi connectivity index (χ0v) is 19.9. The summed E-state index contributed by atoms with van der Waals surface area (Å²) >= 11 is 0. The van der Waals surface area contributed by atoms with Crippen molar-refractivity contribution in [1.82, 2.24) is 9.21 Å². The first-order valence-electron chi connectivity index (χ1n) is 11.6. The summed E-state index contributed by atoms with van der Waals surface area (Å²) in [5.41, 5.74) is 0.469. The molecule has 1 aromatic rings. The van der Waals surface area contributed by atoms with Crippen molar-refractivity contribution in [3.05, 3.63) is 36.4 Å². The van der Waals surface area contributed by atoms with Crippen LogP contribution in [0.15, 0.2) is 41.3 Å². The van der Waals surface area contributed by atoms with Gasteiger partial charge in [0.2, 0.25) is 27.7 Å². The lowest BCUT2D eigenvalue weighted by atomic mass is 9.85. The van der Waals surface area contributed by atoms with E-state index in [1.165, 1.54) is 21.3 Å². The number of imide groups is 1. The SMILES string of the molecule is C[C@@H]1C[C@H](C)CN(S(=O)(=O)c2ccc(NC(=O)CCN3C(=O)[C@H]4CC=CC[C@H]4C3=O)cc2)C1. The van der Waals surface area contributed by atoms with E-state index in [1.807, 2.05) is 12.2 Å². The van der Waals surface area contributed by atoms with E-state index in [2.05, 4.69) is 19.2 Å². The summed E-state index contributed by atoms with van der Waals surface area (Å²) in [7, 11) is -3.58. The van der Waals surface area contributed by atoms with Crippen molar-refractivity contribution in [2.45, 2.75) is 44.4 Å². The van der Waals surface area contributed by atoms with Gasteiger partial charge in [-0.1, -0.05) is 26.0 Å². The van der Waals surface area contributed by atoms with Gasteiger partial charge in [-0.2, -0.15) is 4.31 Å². The molecule has 1 aromatic carbocycles. The fourth-order valence-corrected chi connectivity index (χ4v) is 6.87. The average Bonchev–Trinajstić information content (AvgIpc) is 3.02. The third-order valence-corrected chi connectivity index (χ3v) is 8.62. The van der Waals surface area contributed by atoms with Crippen LogP contribution in [0.3, 0.4) is 0 Å². The molecule has 33 heavy (non-hydrogen) atoms. The number of piperidine rings is 1. The highest BCUT2D eigenvalue weighted by molar-refractivity contribution is 7.89. The number of benzene rings is 1. The van der Waals surface area contributed by atoms with Crippen molar-refractivity contribution < 1.29 is 22.8 Å². The number of anilines is 1. The number of likely N-dealkylation sites (tertiary alicyclic amines) is 1. The maximum Gasteiger partial charge on any atom is 0.243 e. The standard InChI is InChI=1S/C24H31N3O5S/c1-16-13-17(2)15-26(14-16)33(31,32)19-9-7-18(8-10-19)25-22(28)11-12-27-23(29)20-5-3-4-6-21(20)24(27)30/h3-4,7-10,16-17,20-21H,5-6,11-15H2,1-2H3,(H,25,28)/t16-,17+,20-,21+. The Hall–Kier alpha value is -2.52. The maximum absolute atomic E-state index is 13.0. The monoisotopic (exact) mass is 473 g/mol. The molecule has 178 valence electrons. The van der Waals surface area contributed by atoms with E-state index in [0.29, 0.717) is 43.5 Å². The average molecular weight is 474 g/mol. The Labute approximate surface area is 195 Å². The minimum atomic E-state index is -3.58. The van der Waals surface area contributed by atoms with E-state index in [1.54, 1.807) is 12.1 Å². The molecule has 0 bridgehead atoms. The van der Waals surface area contributed by atoms with Gasteiger partial charge in [0.05, 0.1) is 16.7 Å². The number of hydrogen-bond donors (Lipinski definition) is 1. The number of fused-ring (bicyclic) bond motifs is 1. The number of nitrogens with one attached hydrogen (secondary N) is 1. The number of hydrogen-bond acceptors (Lipinski definition) is 5. The zero-order chi connectivity index (χ0) is 23.8. The van der Waals surface area contributed by atoms with Crippen LogP contribution in [0.1, 0.15) is 39.5 Å². The normalized spacial score (nSPS) is 28.1. The van der Waals surface area contributed by atoms with Crippen LogP contribution >= 0.6 is 0 Å². The summed E-state index contributed by atoms with van der Waals surface area (Å²) in [6.45, 7) is 5.19. The lowest BCUT2D eigenvalue weighted by Gasteiger charge is -2.34. The molecule has 2 aliphatic heterocycles. The molecular formula is C24H31N3O5S. The molecule has 3 aliphatic rings. The van der Waals surface area contributed by atoms with Crippen molar-refractivity contribution in [2.24, 2.45) is 23.7 Å². The van der Waals surface area contributed by atoms with Gasteiger partial charge in [0.25, 0.3) is 0 Å². The molecule has 1 N–H and O–H groups in total. The van der Waals surface area contributed by atoms with Gasteiger partial charge in [-0.05, 0) is 55.4 Å². The van der Waals surface area contributed by atoms with Gasteiger partial charge in [0, 0.05) is 31.7 Å². The molecular weight excluding hydrogens is 442 g/mol. The first-order valence-corrected chi connectivity index (χ1v) is 13.0. The number of nitrogens with zero attached hydrogens (tertiary/aromatic N) is 2. The number of carbonyl (C=O) groups excluding carboxylic acids is 3. The number of carbonyl (C=O) groups is 3. The fraction of sp³-hybridized carbons (Fsp3) is 0.542. The largest absolute Gasteiger partial charge is 0.326 e. The second kappa shape index (κ2) is 9.38. The van der Waals surface area contributed by atoms with Crippen molar-refractivity contribution in [2.75, 3.05) is 25.0 Å². The summed E-state index contributed by atoms with van der Waals surface area (Å²) in [6, 6.07) is 6.13. The highest BCUT2D eigenvalue weighted by atomic mass is 32.2. The van der Waals surface area contributed by atoms with E-state index in [4.69, 9.17) is 0 Å². The third kappa shape index (κ3) is 4.89. The summed E-state index contributed by atoms with van der Waals surface area (Å²) in [5.74, 6) is -0.695. The first kappa shape index (κ1) is 23.6. The number of amides is 3. The van der Waals surface area contributed by atoms with Crippen LogP contribution in [-0.4, -0.2) is 55.0 Å². The number of rotatable bonds is 6. The van der Waals surface area contributed by atoms with Gasteiger partial charge in [0.1, 0.15) is 0 Å². The van der Waals surface area contributed by atoms with Crippen LogP contribution in [0.2, 0.25) is 0 Å². The molecule has 0 saturated carbocycles. The molecule has 4 atom stereocenters. The van der Waals surface area contributed by atoms with Crippen LogP contribution < -0.4 is 5.32 Å². The Morgan fingerprint density at radius 3 is 2.06 bits per heavy atom. The first-order chi connectivity index (χ1) is 15.7. The van der Waals surface area contributed by atoms with Crippen LogP contribution in [0.4, 0.5) is 5.69 Å². The molecule has 0 aromatic heterocycles.